The summed E-state index contributed by atoms with van der Waals surface area (Å²) >= 11 is 0. The summed E-state index contributed by atoms with van der Waals surface area (Å²) in [6.07, 6.45) is 0. The SMILES string of the molecule is N#Cc1cccc(C(=O)NCc2cccc(-c3ccc(C(=O)O)o3)c2)c1. The van der Waals surface area contributed by atoms with E-state index in [1.54, 1.807) is 36.4 Å². The Morgan fingerprint density at radius 2 is 1.88 bits per heavy atom. The van der Waals surface area contributed by atoms with Crippen molar-refractivity contribution in [3.8, 4) is 17.4 Å². The van der Waals surface area contributed by atoms with Gasteiger partial charge >= 0.3 is 5.97 Å². The van der Waals surface area contributed by atoms with Crippen molar-refractivity contribution < 1.29 is 19.1 Å². The molecule has 0 atom stereocenters. The van der Waals surface area contributed by atoms with E-state index in [0.29, 0.717) is 16.9 Å². The number of aromatic carboxylic acids is 1. The second-order valence-electron chi connectivity index (χ2n) is 5.54. The lowest BCUT2D eigenvalue weighted by Crippen LogP contribution is -2.22. The summed E-state index contributed by atoms with van der Waals surface area (Å²) in [4.78, 5) is 23.1. The van der Waals surface area contributed by atoms with Crippen LogP contribution in [0.2, 0.25) is 0 Å². The van der Waals surface area contributed by atoms with E-state index < -0.39 is 5.97 Å². The number of carboxylic acid groups (broad SMARTS) is 1. The van der Waals surface area contributed by atoms with Crippen molar-refractivity contribution in [2.45, 2.75) is 6.54 Å². The van der Waals surface area contributed by atoms with Crippen molar-refractivity contribution in [1.29, 1.82) is 5.26 Å². The quantitative estimate of drug-likeness (QED) is 0.736. The van der Waals surface area contributed by atoms with Crippen LogP contribution in [0.15, 0.2) is 65.1 Å². The van der Waals surface area contributed by atoms with Gasteiger partial charge < -0.3 is 14.8 Å². The van der Waals surface area contributed by atoms with E-state index in [1.807, 2.05) is 18.2 Å². The first-order valence-corrected chi connectivity index (χ1v) is 7.77. The van der Waals surface area contributed by atoms with Crippen LogP contribution < -0.4 is 5.32 Å². The van der Waals surface area contributed by atoms with Crippen LogP contribution in [0.4, 0.5) is 0 Å². The normalized spacial score (nSPS) is 10.1. The smallest absolute Gasteiger partial charge is 0.371 e. The fourth-order valence-electron chi connectivity index (χ4n) is 2.46. The molecular formula is C20H14N2O4. The lowest BCUT2D eigenvalue weighted by molar-refractivity contribution is 0.0663. The Bertz CT molecular complexity index is 1010. The van der Waals surface area contributed by atoms with Crippen LogP contribution in [-0.2, 0) is 6.54 Å². The number of carbonyl (C=O) groups excluding carboxylic acids is 1. The molecule has 1 aromatic heterocycles. The van der Waals surface area contributed by atoms with Gasteiger partial charge in [-0.15, -0.1) is 0 Å². The van der Waals surface area contributed by atoms with Gasteiger partial charge in [0.2, 0.25) is 5.76 Å². The second kappa shape index (κ2) is 7.36. The monoisotopic (exact) mass is 346 g/mol. The summed E-state index contributed by atoms with van der Waals surface area (Å²) < 4.78 is 5.29. The number of nitriles is 1. The highest BCUT2D eigenvalue weighted by Gasteiger charge is 2.11. The molecule has 3 aromatic rings. The Balaban J connectivity index is 1.71. The Labute approximate surface area is 149 Å². The molecule has 1 amide bonds. The topological polar surface area (TPSA) is 103 Å². The molecular weight excluding hydrogens is 332 g/mol. The molecule has 6 heteroatoms. The van der Waals surface area contributed by atoms with Crippen molar-refractivity contribution in [2.75, 3.05) is 0 Å². The maximum atomic E-state index is 12.2. The molecule has 0 aliphatic carbocycles. The Morgan fingerprint density at radius 1 is 1.08 bits per heavy atom. The summed E-state index contributed by atoms with van der Waals surface area (Å²) in [7, 11) is 0. The molecule has 0 unspecified atom stereocenters. The molecule has 0 saturated carbocycles. The lowest BCUT2D eigenvalue weighted by Gasteiger charge is -2.07. The number of hydrogen-bond donors (Lipinski definition) is 2. The highest BCUT2D eigenvalue weighted by Crippen LogP contribution is 2.23. The van der Waals surface area contributed by atoms with E-state index >= 15 is 0 Å². The second-order valence-corrected chi connectivity index (χ2v) is 5.54. The number of rotatable bonds is 5. The average molecular weight is 346 g/mol. The Morgan fingerprint density at radius 3 is 2.62 bits per heavy atom. The summed E-state index contributed by atoms with van der Waals surface area (Å²) in [5.41, 5.74) is 2.39. The molecule has 2 aromatic carbocycles. The van der Waals surface area contributed by atoms with E-state index in [0.717, 1.165) is 11.1 Å². The van der Waals surface area contributed by atoms with Gasteiger partial charge in [-0.25, -0.2) is 4.79 Å². The molecule has 0 aliphatic rings. The Hall–Kier alpha value is -3.85. The first kappa shape index (κ1) is 17.0. The molecule has 128 valence electrons. The van der Waals surface area contributed by atoms with Gasteiger partial charge in [-0.3, -0.25) is 4.79 Å². The summed E-state index contributed by atoms with van der Waals surface area (Å²) in [6, 6.07) is 18.7. The summed E-state index contributed by atoms with van der Waals surface area (Å²) in [6.45, 7) is 0.288. The zero-order valence-electron chi connectivity index (χ0n) is 13.6. The highest BCUT2D eigenvalue weighted by molar-refractivity contribution is 5.94. The minimum absolute atomic E-state index is 0.129. The third-order valence-electron chi connectivity index (χ3n) is 3.74. The highest BCUT2D eigenvalue weighted by atomic mass is 16.4. The zero-order valence-corrected chi connectivity index (χ0v) is 13.6. The standard InChI is InChI=1S/C20H14N2O4/c21-11-13-3-1-6-16(9-13)19(23)22-12-14-4-2-5-15(10-14)17-7-8-18(26-17)20(24)25/h1-10H,12H2,(H,22,23)(H,24,25). The van der Waals surface area contributed by atoms with E-state index in [4.69, 9.17) is 14.8 Å². The maximum Gasteiger partial charge on any atom is 0.371 e. The van der Waals surface area contributed by atoms with Crippen LogP contribution in [0, 0.1) is 11.3 Å². The van der Waals surface area contributed by atoms with Crippen molar-refractivity contribution in [2.24, 2.45) is 0 Å². The van der Waals surface area contributed by atoms with Crippen LogP contribution in [0.5, 0.6) is 0 Å². The van der Waals surface area contributed by atoms with Crippen LogP contribution >= 0.6 is 0 Å². The minimum Gasteiger partial charge on any atom is -0.475 e. The van der Waals surface area contributed by atoms with Crippen molar-refractivity contribution in [3.63, 3.8) is 0 Å². The third kappa shape index (κ3) is 3.79. The van der Waals surface area contributed by atoms with Crippen LogP contribution in [-0.4, -0.2) is 17.0 Å². The molecule has 2 N–H and O–H groups in total. The van der Waals surface area contributed by atoms with Gasteiger partial charge in [0.25, 0.3) is 5.91 Å². The number of carboxylic acids is 1. The number of nitrogens with zero attached hydrogens (tertiary/aromatic N) is 1. The minimum atomic E-state index is -1.13. The van der Waals surface area contributed by atoms with Gasteiger partial charge in [0.1, 0.15) is 5.76 Å². The van der Waals surface area contributed by atoms with Crippen molar-refractivity contribution >= 4 is 11.9 Å². The molecule has 0 spiro atoms. The van der Waals surface area contributed by atoms with E-state index in [2.05, 4.69) is 5.32 Å². The first-order chi connectivity index (χ1) is 12.6. The Kier molecular flexibility index (Phi) is 4.81. The van der Waals surface area contributed by atoms with E-state index in [9.17, 15) is 9.59 Å². The number of hydrogen-bond acceptors (Lipinski definition) is 4. The first-order valence-electron chi connectivity index (χ1n) is 7.77. The van der Waals surface area contributed by atoms with E-state index in [1.165, 1.54) is 12.1 Å². The van der Waals surface area contributed by atoms with Crippen LogP contribution in [0.25, 0.3) is 11.3 Å². The zero-order chi connectivity index (χ0) is 18.5. The third-order valence-corrected chi connectivity index (χ3v) is 3.74. The molecule has 0 radical (unpaired) electrons. The van der Waals surface area contributed by atoms with Crippen LogP contribution in [0.3, 0.4) is 0 Å². The lowest BCUT2D eigenvalue weighted by atomic mass is 10.1. The number of furan rings is 1. The predicted molar refractivity (Wildman–Crippen MR) is 93.4 cm³/mol. The van der Waals surface area contributed by atoms with Crippen LogP contribution in [0.1, 0.15) is 32.0 Å². The molecule has 0 fully saturated rings. The predicted octanol–water partition coefficient (Wildman–Crippen LogP) is 3.45. The number of amides is 1. The largest absolute Gasteiger partial charge is 0.475 e. The van der Waals surface area contributed by atoms with Crippen molar-refractivity contribution in [1.82, 2.24) is 5.32 Å². The number of carbonyl (C=O) groups is 2. The maximum absolute atomic E-state index is 12.2. The van der Waals surface area contributed by atoms with Gasteiger partial charge in [0.15, 0.2) is 0 Å². The molecule has 0 bridgehead atoms. The number of benzene rings is 2. The summed E-state index contributed by atoms with van der Waals surface area (Å²) in [5.74, 6) is -1.09. The molecule has 6 nitrogen and oxygen atoms in total. The average Bonchev–Trinajstić information content (AvgIpc) is 3.17. The van der Waals surface area contributed by atoms with E-state index in [-0.39, 0.29) is 18.2 Å². The fourth-order valence-corrected chi connectivity index (χ4v) is 2.46. The number of nitrogens with one attached hydrogen (secondary N) is 1. The van der Waals surface area contributed by atoms with Gasteiger partial charge in [0, 0.05) is 17.7 Å². The molecule has 26 heavy (non-hydrogen) atoms. The fraction of sp³-hybridized carbons (Fsp3) is 0.0500. The van der Waals surface area contributed by atoms with Gasteiger partial charge in [-0.05, 0) is 42.0 Å². The van der Waals surface area contributed by atoms with Crippen molar-refractivity contribution in [3.05, 3.63) is 83.1 Å². The molecule has 3 rings (SSSR count). The molecule has 0 aliphatic heterocycles. The molecule has 0 saturated heterocycles. The van der Waals surface area contributed by atoms with Gasteiger partial charge in [0.05, 0.1) is 11.6 Å². The molecule has 1 heterocycles. The van der Waals surface area contributed by atoms with Gasteiger partial charge in [-0.2, -0.15) is 5.26 Å². The summed E-state index contributed by atoms with van der Waals surface area (Å²) in [5, 5.41) is 20.6. The van der Waals surface area contributed by atoms with Gasteiger partial charge in [-0.1, -0.05) is 24.3 Å².